The summed E-state index contributed by atoms with van der Waals surface area (Å²) in [6.07, 6.45) is 2.40. The summed E-state index contributed by atoms with van der Waals surface area (Å²) >= 11 is 0. The van der Waals surface area contributed by atoms with Crippen LogP contribution in [0.3, 0.4) is 0 Å². The van der Waals surface area contributed by atoms with Crippen molar-refractivity contribution in [2.75, 3.05) is 23.7 Å². The molecule has 0 atom stereocenters. The van der Waals surface area contributed by atoms with E-state index in [9.17, 15) is 0 Å². The molecule has 2 rings (SSSR count). The number of piperidine rings is 1. The van der Waals surface area contributed by atoms with E-state index >= 15 is 0 Å². The molecule has 0 aromatic heterocycles. The highest BCUT2D eigenvalue weighted by molar-refractivity contribution is 5.53. The van der Waals surface area contributed by atoms with Gasteiger partial charge < -0.3 is 10.6 Å². The zero-order valence-electron chi connectivity index (χ0n) is 8.45. The van der Waals surface area contributed by atoms with Gasteiger partial charge in [-0.1, -0.05) is 6.92 Å². The van der Waals surface area contributed by atoms with Crippen LogP contribution >= 0.6 is 0 Å². The van der Waals surface area contributed by atoms with Gasteiger partial charge in [0.15, 0.2) is 0 Å². The average Bonchev–Trinajstić information content (AvgIpc) is 2.21. The van der Waals surface area contributed by atoms with Gasteiger partial charge in [0.25, 0.3) is 0 Å². The van der Waals surface area contributed by atoms with Crippen molar-refractivity contribution >= 4 is 11.4 Å². The van der Waals surface area contributed by atoms with Crippen molar-refractivity contribution in [2.45, 2.75) is 12.8 Å². The Morgan fingerprint density at radius 1 is 1.14 bits per heavy atom. The number of rotatable bonds is 1. The molecule has 1 radical (unpaired) electrons. The van der Waals surface area contributed by atoms with Crippen LogP contribution in [0.25, 0.3) is 0 Å². The van der Waals surface area contributed by atoms with Crippen LogP contribution < -0.4 is 10.6 Å². The van der Waals surface area contributed by atoms with Crippen LogP contribution in [0, 0.1) is 12.8 Å². The normalized spacial score (nSPS) is 18.5. The van der Waals surface area contributed by atoms with E-state index in [0.717, 1.165) is 18.8 Å². The number of benzene rings is 1. The first-order valence-electron chi connectivity index (χ1n) is 5.19. The summed E-state index contributed by atoms with van der Waals surface area (Å²) in [6.45, 7) is 6.34. The molecule has 0 unspecified atom stereocenters. The summed E-state index contributed by atoms with van der Waals surface area (Å²) < 4.78 is 0. The van der Waals surface area contributed by atoms with Crippen molar-refractivity contribution in [1.82, 2.24) is 0 Å². The third-order valence-corrected chi connectivity index (χ3v) is 2.87. The molecular formula is C12H17N2. The molecule has 0 spiro atoms. The maximum Gasteiger partial charge on any atom is 0.0367 e. The van der Waals surface area contributed by atoms with Gasteiger partial charge >= 0.3 is 0 Å². The van der Waals surface area contributed by atoms with Crippen molar-refractivity contribution in [3.05, 3.63) is 31.2 Å². The van der Waals surface area contributed by atoms with Gasteiger partial charge in [-0.15, -0.1) is 0 Å². The Kier molecular flexibility index (Phi) is 2.62. The van der Waals surface area contributed by atoms with Crippen molar-refractivity contribution in [3.8, 4) is 0 Å². The van der Waals surface area contributed by atoms with Gasteiger partial charge in [0.2, 0.25) is 0 Å². The second-order valence-corrected chi connectivity index (χ2v) is 4.02. The lowest BCUT2D eigenvalue weighted by Crippen LogP contribution is -2.32. The van der Waals surface area contributed by atoms with Crippen LogP contribution in [0.1, 0.15) is 12.8 Å². The molecule has 0 amide bonds. The molecule has 1 saturated heterocycles. The van der Waals surface area contributed by atoms with Crippen LogP contribution in [0.2, 0.25) is 0 Å². The molecule has 1 aliphatic rings. The highest BCUT2D eigenvalue weighted by atomic mass is 15.1. The first-order chi connectivity index (χ1) is 6.75. The minimum Gasteiger partial charge on any atom is -0.399 e. The Hall–Kier alpha value is -1.18. The Labute approximate surface area is 85.7 Å². The second kappa shape index (κ2) is 3.91. The average molecular weight is 189 g/mol. The summed E-state index contributed by atoms with van der Waals surface area (Å²) in [5.41, 5.74) is 7.77. The Balaban J connectivity index is 2.05. The SMILES string of the molecule is [CH2]C1CCN(c2ccc(N)cc2)CC1. The van der Waals surface area contributed by atoms with E-state index in [1.165, 1.54) is 18.5 Å². The highest BCUT2D eigenvalue weighted by Crippen LogP contribution is 2.23. The molecule has 0 aliphatic carbocycles. The Morgan fingerprint density at radius 3 is 2.29 bits per heavy atom. The molecule has 1 aromatic rings. The van der Waals surface area contributed by atoms with Crippen LogP contribution in [0.15, 0.2) is 24.3 Å². The summed E-state index contributed by atoms with van der Waals surface area (Å²) in [7, 11) is 0. The van der Waals surface area contributed by atoms with Crippen molar-refractivity contribution in [3.63, 3.8) is 0 Å². The van der Waals surface area contributed by atoms with E-state index < -0.39 is 0 Å². The predicted molar refractivity (Wildman–Crippen MR) is 61.1 cm³/mol. The zero-order chi connectivity index (χ0) is 9.97. The van der Waals surface area contributed by atoms with Crippen molar-refractivity contribution in [2.24, 2.45) is 5.92 Å². The molecule has 0 saturated carbocycles. The highest BCUT2D eigenvalue weighted by Gasteiger charge is 2.15. The maximum atomic E-state index is 5.65. The van der Waals surface area contributed by atoms with Crippen LogP contribution in [0.4, 0.5) is 11.4 Å². The van der Waals surface area contributed by atoms with Crippen molar-refractivity contribution < 1.29 is 0 Å². The molecule has 0 bridgehead atoms. The summed E-state index contributed by atoms with van der Waals surface area (Å²) in [5.74, 6) is 0.639. The molecule has 1 aliphatic heterocycles. The summed E-state index contributed by atoms with van der Waals surface area (Å²) in [4.78, 5) is 2.40. The maximum absolute atomic E-state index is 5.65. The quantitative estimate of drug-likeness (QED) is 0.687. The van der Waals surface area contributed by atoms with Gasteiger partial charge in [0.05, 0.1) is 0 Å². The fourth-order valence-corrected chi connectivity index (χ4v) is 1.88. The smallest absolute Gasteiger partial charge is 0.0367 e. The van der Waals surface area contributed by atoms with E-state index in [-0.39, 0.29) is 0 Å². The first-order valence-corrected chi connectivity index (χ1v) is 5.19. The minimum atomic E-state index is 0.639. The number of nitrogen functional groups attached to an aromatic ring is 1. The van der Waals surface area contributed by atoms with Crippen molar-refractivity contribution in [1.29, 1.82) is 0 Å². The molecule has 2 nitrogen and oxygen atoms in total. The zero-order valence-corrected chi connectivity index (χ0v) is 8.45. The van der Waals surface area contributed by atoms with E-state index in [4.69, 9.17) is 5.73 Å². The van der Waals surface area contributed by atoms with E-state index in [0.29, 0.717) is 5.92 Å². The molecular weight excluding hydrogens is 172 g/mol. The molecule has 75 valence electrons. The van der Waals surface area contributed by atoms with Gasteiger partial charge in [-0.05, 0) is 43.0 Å². The van der Waals surface area contributed by atoms with Gasteiger partial charge in [-0.2, -0.15) is 0 Å². The van der Waals surface area contributed by atoms with Crippen LogP contribution in [-0.4, -0.2) is 13.1 Å². The minimum absolute atomic E-state index is 0.639. The predicted octanol–water partition coefficient (Wildman–Crippen LogP) is 2.32. The number of hydrogen-bond acceptors (Lipinski definition) is 2. The Bertz CT molecular complexity index is 284. The third-order valence-electron chi connectivity index (χ3n) is 2.87. The Morgan fingerprint density at radius 2 is 1.71 bits per heavy atom. The van der Waals surface area contributed by atoms with Gasteiger partial charge in [0, 0.05) is 24.5 Å². The second-order valence-electron chi connectivity index (χ2n) is 4.02. The largest absolute Gasteiger partial charge is 0.399 e. The van der Waals surface area contributed by atoms with E-state index in [1.54, 1.807) is 0 Å². The lowest BCUT2D eigenvalue weighted by molar-refractivity contribution is 0.476. The third kappa shape index (κ3) is 2.00. The van der Waals surface area contributed by atoms with Crippen LogP contribution in [-0.2, 0) is 0 Å². The van der Waals surface area contributed by atoms with Crippen LogP contribution in [0.5, 0.6) is 0 Å². The monoisotopic (exact) mass is 189 g/mol. The summed E-state index contributed by atoms with van der Waals surface area (Å²) in [5, 5.41) is 0. The number of hydrogen-bond donors (Lipinski definition) is 1. The van der Waals surface area contributed by atoms with Gasteiger partial charge in [-0.25, -0.2) is 0 Å². The first kappa shape index (κ1) is 9.38. The standard InChI is InChI=1S/C12H17N2/c1-10-6-8-14(9-7-10)12-4-2-11(13)3-5-12/h2-5,10H,1,6-9,13H2. The lowest BCUT2D eigenvalue weighted by Gasteiger charge is -2.32. The lowest BCUT2D eigenvalue weighted by atomic mass is 9.99. The number of nitrogens with two attached hydrogens (primary N) is 1. The molecule has 1 fully saturated rings. The number of anilines is 2. The molecule has 1 heterocycles. The van der Waals surface area contributed by atoms with Gasteiger partial charge in [0.1, 0.15) is 0 Å². The van der Waals surface area contributed by atoms with E-state index in [1.807, 2.05) is 12.1 Å². The molecule has 14 heavy (non-hydrogen) atoms. The topological polar surface area (TPSA) is 29.3 Å². The fourth-order valence-electron chi connectivity index (χ4n) is 1.88. The molecule has 2 heteroatoms. The summed E-state index contributed by atoms with van der Waals surface area (Å²) in [6, 6.07) is 8.12. The molecule has 1 aromatic carbocycles. The number of nitrogens with zero attached hydrogens (tertiary/aromatic N) is 1. The van der Waals surface area contributed by atoms with Gasteiger partial charge in [-0.3, -0.25) is 0 Å². The molecule has 2 N–H and O–H groups in total. The fraction of sp³-hybridized carbons (Fsp3) is 0.417. The van der Waals surface area contributed by atoms with E-state index in [2.05, 4.69) is 24.0 Å².